The Bertz CT molecular complexity index is 1120. The van der Waals surface area contributed by atoms with Crippen LogP contribution < -0.4 is 10.5 Å². The van der Waals surface area contributed by atoms with Gasteiger partial charge in [-0.25, -0.2) is 0 Å². The second-order valence-electron chi connectivity index (χ2n) is 7.66. The molecule has 1 aliphatic carbocycles. The first-order valence-corrected chi connectivity index (χ1v) is 10.3. The lowest BCUT2D eigenvalue weighted by atomic mass is 10.2. The van der Waals surface area contributed by atoms with Crippen LogP contribution in [0.15, 0.2) is 77.9 Å². The number of hydrogen-bond donors (Lipinski definition) is 0. The lowest BCUT2D eigenvalue weighted by Crippen LogP contribution is -2.36. The molecule has 0 N–H and O–H groups in total. The quantitative estimate of drug-likeness (QED) is 0.594. The van der Waals surface area contributed by atoms with E-state index in [1.807, 2.05) is 48.5 Å². The van der Waals surface area contributed by atoms with Gasteiger partial charge < -0.3 is 14.4 Å². The zero-order valence-electron chi connectivity index (χ0n) is 17.3. The second kappa shape index (κ2) is 8.95. The molecule has 2 amide bonds. The van der Waals surface area contributed by atoms with Crippen LogP contribution in [0.3, 0.4) is 0 Å². The van der Waals surface area contributed by atoms with Crippen molar-refractivity contribution in [1.29, 1.82) is 0 Å². The molecule has 1 fully saturated rings. The Labute approximate surface area is 180 Å². The molecule has 0 unspecified atom stereocenters. The number of likely N-dealkylation sites (N-methyl/N-ethyl adjacent to an activating group) is 1. The Hall–Kier alpha value is -3.74. The van der Waals surface area contributed by atoms with E-state index in [0.29, 0.717) is 12.1 Å². The molecule has 7 heteroatoms. The molecule has 158 valence electrons. The van der Waals surface area contributed by atoms with Gasteiger partial charge in [0.15, 0.2) is 0 Å². The summed E-state index contributed by atoms with van der Waals surface area (Å²) < 4.78 is 1.29. The molecular weight excluding hydrogens is 392 g/mol. The van der Waals surface area contributed by atoms with Crippen molar-refractivity contribution >= 4 is 17.5 Å². The molecule has 3 aromatic rings. The van der Waals surface area contributed by atoms with Gasteiger partial charge in [0.25, 0.3) is 11.5 Å². The Morgan fingerprint density at radius 3 is 2.45 bits per heavy atom. The number of pyridine rings is 2. The van der Waals surface area contributed by atoms with Crippen LogP contribution in [0.2, 0.25) is 0 Å². The number of rotatable bonds is 7. The maximum atomic E-state index is 13.2. The summed E-state index contributed by atoms with van der Waals surface area (Å²) in [6, 6.07) is 17.9. The van der Waals surface area contributed by atoms with Gasteiger partial charge in [0.1, 0.15) is 6.54 Å². The van der Waals surface area contributed by atoms with Gasteiger partial charge in [-0.3, -0.25) is 19.4 Å². The van der Waals surface area contributed by atoms with Crippen LogP contribution in [0.5, 0.6) is 0 Å². The topological polar surface area (TPSA) is 75.5 Å². The normalized spacial score (nSPS) is 12.9. The van der Waals surface area contributed by atoms with Crippen molar-refractivity contribution in [3.8, 4) is 0 Å². The van der Waals surface area contributed by atoms with Gasteiger partial charge in [-0.15, -0.1) is 0 Å². The molecule has 1 aromatic carbocycles. The first-order valence-electron chi connectivity index (χ1n) is 10.3. The zero-order chi connectivity index (χ0) is 21.8. The number of amides is 2. The van der Waals surface area contributed by atoms with Crippen LogP contribution >= 0.6 is 0 Å². The van der Waals surface area contributed by atoms with Gasteiger partial charge in [-0.05, 0) is 43.2 Å². The smallest absolute Gasteiger partial charge is 0.255 e. The average Bonchev–Trinajstić information content (AvgIpc) is 3.64. The molecule has 0 bridgehead atoms. The number of benzene rings is 1. The van der Waals surface area contributed by atoms with Crippen molar-refractivity contribution in [2.75, 3.05) is 11.9 Å². The molecule has 0 atom stereocenters. The molecule has 0 aliphatic heterocycles. The van der Waals surface area contributed by atoms with Gasteiger partial charge in [0.05, 0.1) is 17.8 Å². The van der Waals surface area contributed by atoms with Crippen LogP contribution in [0, 0.1) is 0 Å². The summed E-state index contributed by atoms with van der Waals surface area (Å²) in [5, 5.41) is 0. The first kappa shape index (κ1) is 20.5. The fourth-order valence-electron chi connectivity index (χ4n) is 3.41. The predicted molar refractivity (Wildman–Crippen MR) is 118 cm³/mol. The summed E-state index contributed by atoms with van der Waals surface area (Å²) in [5.41, 5.74) is 1.62. The summed E-state index contributed by atoms with van der Waals surface area (Å²) in [7, 11) is 1.67. The van der Waals surface area contributed by atoms with Crippen LogP contribution in [-0.4, -0.2) is 39.4 Å². The summed E-state index contributed by atoms with van der Waals surface area (Å²) in [4.78, 5) is 45.9. The highest BCUT2D eigenvalue weighted by Gasteiger charge is 2.33. The van der Waals surface area contributed by atoms with Crippen molar-refractivity contribution in [2.45, 2.75) is 32.0 Å². The van der Waals surface area contributed by atoms with Crippen molar-refractivity contribution in [3.05, 3.63) is 94.7 Å². The Balaban J connectivity index is 1.53. The molecule has 0 radical (unpaired) electrons. The molecule has 1 aliphatic rings. The fraction of sp³-hybridized carbons (Fsp3) is 0.250. The van der Waals surface area contributed by atoms with E-state index in [1.165, 1.54) is 27.8 Å². The third-order valence-corrected chi connectivity index (χ3v) is 5.36. The third-order valence-electron chi connectivity index (χ3n) is 5.36. The van der Waals surface area contributed by atoms with Gasteiger partial charge in [0.2, 0.25) is 5.91 Å². The summed E-state index contributed by atoms with van der Waals surface area (Å²) in [6.07, 6.45) is 5.10. The highest BCUT2D eigenvalue weighted by atomic mass is 16.2. The SMILES string of the molecule is CN(C(=O)Cn1cc(C(=O)N(Cc2ccccn2)C2CC2)ccc1=O)c1ccccc1. The summed E-state index contributed by atoms with van der Waals surface area (Å²) in [5.74, 6) is -0.406. The van der Waals surface area contributed by atoms with E-state index in [-0.39, 0.29) is 30.0 Å². The molecule has 0 saturated heterocycles. The Kier molecular flexibility index (Phi) is 5.93. The monoisotopic (exact) mass is 416 g/mol. The average molecular weight is 416 g/mol. The number of hydrogen-bond acceptors (Lipinski definition) is 4. The number of para-hydroxylation sites is 1. The minimum Gasteiger partial charge on any atom is -0.330 e. The van der Waals surface area contributed by atoms with Crippen molar-refractivity contribution in [1.82, 2.24) is 14.5 Å². The van der Waals surface area contributed by atoms with Crippen LogP contribution in [0.4, 0.5) is 5.69 Å². The van der Waals surface area contributed by atoms with Gasteiger partial charge in [-0.2, -0.15) is 0 Å². The molecule has 1 saturated carbocycles. The van der Waals surface area contributed by atoms with E-state index in [0.717, 1.165) is 24.2 Å². The van der Waals surface area contributed by atoms with E-state index in [2.05, 4.69) is 4.98 Å². The van der Waals surface area contributed by atoms with E-state index in [4.69, 9.17) is 0 Å². The number of nitrogens with zero attached hydrogens (tertiary/aromatic N) is 4. The van der Waals surface area contributed by atoms with Crippen molar-refractivity contribution < 1.29 is 9.59 Å². The highest BCUT2D eigenvalue weighted by molar-refractivity contribution is 5.95. The fourth-order valence-corrected chi connectivity index (χ4v) is 3.41. The van der Waals surface area contributed by atoms with Crippen molar-refractivity contribution in [3.63, 3.8) is 0 Å². The van der Waals surface area contributed by atoms with E-state index < -0.39 is 0 Å². The Morgan fingerprint density at radius 1 is 1.03 bits per heavy atom. The van der Waals surface area contributed by atoms with Crippen molar-refractivity contribution in [2.24, 2.45) is 0 Å². The lowest BCUT2D eigenvalue weighted by molar-refractivity contribution is -0.118. The van der Waals surface area contributed by atoms with E-state index in [1.54, 1.807) is 18.1 Å². The molecule has 0 spiro atoms. The summed E-state index contributed by atoms with van der Waals surface area (Å²) >= 11 is 0. The number of aromatic nitrogens is 2. The van der Waals surface area contributed by atoms with Crippen LogP contribution in [-0.2, 0) is 17.9 Å². The minimum absolute atomic E-state index is 0.144. The third kappa shape index (κ3) is 4.88. The molecular formula is C24H24N4O3. The largest absolute Gasteiger partial charge is 0.330 e. The predicted octanol–water partition coefficient (Wildman–Crippen LogP) is 2.71. The first-order chi connectivity index (χ1) is 15.0. The molecule has 4 rings (SSSR count). The van der Waals surface area contributed by atoms with Crippen LogP contribution in [0.25, 0.3) is 0 Å². The molecule has 2 heterocycles. The maximum Gasteiger partial charge on any atom is 0.255 e. The molecule has 2 aromatic heterocycles. The standard InChI is InChI=1S/C24H24N4O3/c1-26(20-8-3-2-4-9-20)23(30)17-27-15-18(10-13-22(27)29)24(31)28(21-11-12-21)16-19-7-5-6-14-25-19/h2-10,13-15,21H,11-12,16-17H2,1H3. The maximum absolute atomic E-state index is 13.2. The Morgan fingerprint density at radius 2 is 1.77 bits per heavy atom. The van der Waals surface area contributed by atoms with E-state index >= 15 is 0 Å². The number of anilines is 1. The molecule has 31 heavy (non-hydrogen) atoms. The highest BCUT2D eigenvalue weighted by Crippen LogP contribution is 2.29. The lowest BCUT2D eigenvalue weighted by Gasteiger charge is -2.23. The number of carbonyl (C=O) groups excluding carboxylic acids is 2. The second-order valence-corrected chi connectivity index (χ2v) is 7.66. The molecule has 7 nitrogen and oxygen atoms in total. The zero-order valence-corrected chi connectivity index (χ0v) is 17.3. The van der Waals surface area contributed by atoms with Gasteiger partial charge in [0, 0.05) is 37.2 Å². The minimum atomic E-state index is -0.325. The number of carbonyl (C=O) groups is 2. The summed E-state index contributed by atoms with van der Waals surface area (Å²) in [6.45, 7) is 0.272. The van der Waals surface area contributed by atoms with Gasteiger partial charge in [-0.1, -0.05) is 24.3 Å². The van der Waals surface area contributed by atoms with E-state index in [9.17, 15) is 14.4 Å². The van der Waals surface area contributed by atoms with Gasteiger partial charge >= 0.3 is 0 Å². The van der Waals surface area contributed by atoms with Crippen LogP contribution in [0.1, 0.15) is 28.9 Å².